The Balaban J connectivity index is 1.45. The molecule has 2 atom stereocenters. The van der Waals surface area contributed by atoms with Crippen molar-refractivity contribution in [2.45, 2.75) is 158 Å². The van der Waals surface area contributed by atoms with Crippen molar-refractivity contribution in [2.24, 2.45) is 23.5 Å². The van der Waals surface area contributed by atoms with Crippen LogP contribution in [-0.4, -0.2) is 34.0 Å². The largest absolute Gasteiger partial charge is 0.454 e. The van der Waals surface area contributed by atoms with Crippen LogP contribution in [0.1, 0.15) is 130 Å². The Hall–Kier alpha value is -1.07. The van der Waals surface area contributed by atoms with Crippen LogP contribution in [0.2, 0.25) is 0 Å². The zero-order valence-electron chi connectivity index (χ0n) is 23.5. The fraction of sp³-hybridized carbons (Fsp3) is 0.903. The SMILES string of the molecule is C=C(N)C(=O)OC12CC3CC(OC(C)(C)C4CCCCC4)(C1)CC(OC(C)(C)C1CCCCC1)(C3)C2. The number of hydrogen-bond acceptors (Lipinski definition) is 5. The molecular weight excluding hydrogens is 450 g/mol. The molecule has 6 fully saturated rings. The van der Waals surface area contributed by atoms with Crippen molar-refractivity contribution in [2.75, 3.05) is 0 Å². The van der Waals surface area contributed by atoms with Gasteiger partial charge in [0.15, 0.2) is 0 Å². The predicted molar refractivity (Wildman–Crippen MR) is 142 cm³/mol. The lowest BCUT2D eigenvalue weighted by Crippen LogP contribution is -2.70. The van der Waals surface area contributed by atoms with Gasteiger partial charge in [0, 0.05) is 19.3 Å². The third-order valence-electron chi connectivity index (χ3n) is 10.6. The maximum Gasteiger partial charge on any atom is 0.354 e. The summed E-state index contributed by atoms with van der Waals surface area (Å²) in [5, 5.41) is 0. The zero-order chi connectivity index (χ0) is 25.8. The summed E-state index contributed by atoms with van der Waals surface area (Å²) in [7, 11) is 0. The molecule has 2 N–H and O–H groups in total. The van der Waals surface area contributed by atoms with Gasteiger partial charge in [-0.3, -0.25) is 0 Å². The molecule has 5 nitrogen and oxygen atoms in total. The summed E-state index contributed by atoms with van der Waals surface area (Å²) in [6.07, 6.45) is 18.3. The molecule has 6 aliphatic rings. The van der Waals surface area contributed by atoms with Gasteiger partial charge in [0.1, 0.15) is 11.3 Å². The molecular formula is C31H51NO4. The van der Waals surface area contributed by atoms with Gasteiger partial charge in [-0.1, -0.05) is 45.1 Å². The first-order chi connectivity index (χ1) is 16.9. The number of rotatable bonds is 8. The van der Waals surface area contributed by atoms with E-state index in [-0.39, 0.29) is 28.1 Å². The van der Waals surface area contributed by atoms with Crippen LogP contribution in [0.4, 0.5) is 0 Å². The standard InChI is InChI=1S/C31H51NO4/c1-22(32)26(33)34-29-16-23-17-30(19-29,35-27(2,3)24-12-8-6-9-13-24)21-31(18-23,20-29)36-28(4,5)25-14-10-7-11-15-25/h23-25H,1,6-21,32H2,2-5H3. The molecule has 0 radical (unpaired) electrons. The minimum Gasteiger partial charge on any atom is -0.454 e. The van der Waals surface area contributed by atoms with Gasteiger partial charge in [-0.2, -0.15) is 0 Å². The molecule has 5 heteroatoms. The quantitative estimate of drug-likeness (QED) is 0.287. The Morgan fingerprint density at radius 1 is 0.722 bits per heavy atom. The molecule has 6 saturated carbocycles. The van der Waals surface area contributed by atoms with Crippen molar-refractivity contribution in [3.05, 3.63) is 12.3 Å². The third kappa shape index (κ3) is 5.13. The van der Waals surface area contributed by atoms with Crippen LogP contribution in [0, 0.1) is 17.8 Å². The molecule has 0 aliphatic heterocycles. The van der Waals surface area contributed by atoms with E-state index in [4.69, 9.17) is 19.9 Å². The summed E-state index contributed by atoms with van der Waals surface area (Å²) >= 11 is 0. The zero-order valence-corrected chi connectivity index (χ0v) is 23.5. The second-order valence-corrected chi connectivity index (χ2v) is 14.6. The Morgan fingerprint density at radius 3 is 1.53 bits per heavy atom. The Bertz CT molecular complexity index is 803. The summed E-state index contributed by atoms with van der Waals surface area (Å²) in [5.74, 6) is 1.12. The molecule has 204 valence electrons. The van der Waals surface area contributed by atoms with Crippen molar-refractivity contribution in [3.63, 3.8) is 0 Å². The molecule has 2 unspecified atom stereocenters. The van der Waals surface area contributed by atoms with E-state index in [9.17, 15) is 4.79 Å². The first-order valence-electron chi connectivity index (χ1n) is 14.9. The summed E-state index contributed by atoms with van der Waals surface area (Å²) in [4.78, 5) is 12.8. The van der Waals surface area contributed by atoms with Crippen molar-refractivity contribution < 1.29 is 19.0 Å². The monoisotopic (exact) mass is 501 g/mol. The lowest BCUT2D eigenvalue weighted by atomic mass is 9.49. The molecule has 0 aromatic heterocycles. The lowest BCUT2D eigenvalue weighted by molar-refractivity contribution is -0.326. The highest BCUT2D eigenvalue weighted by Gasteiger charge is 2.68. The number of carbonyl (C=O) groups is 1. The van der Waals surface area contributed by atoms with E-state index in [1.54, 1.807) is 0 Å². The maximum absolute atomic E-state index is 12.8. The van der Waals surface area contributed by atoms with Gasteiger partial charge in [-0.05, 0) is 90.4 Å². The van der Waals surface area contributed by atoms with Gasteiger partial charge < -0.3 is 19.9 Å². The Labute approximate surface area is 219 Å². The van der Waals surface area contributed by atoms with E-state index in [0.29, 0.717) is 17.8 Å². The van der Waals surface area contributed by atoms with Gasteiger partial charge in [0.05, 0.1) is 22.4 Å². The normalized spacial score (nSPS) is 37.7. The fourth-order valence-corrected chi connectivity index (χ4v) is 9.66. The maximum atomic E-state index is 12.8. The molecule has 0 aromatic rings. The molecule has 0 aromatic carbocycles. The van der Waals surface area contributed by atoms with E-state index in [1.807, 2.05) is 0 Å². The lowest BCUT2D eigenvalue weighted by Gasteiger charge is -2.67. The number of esters is 1. The van der Waals surface area contributed by atoms with Crippen molar-refractivity contribution >= 4 is 5.97 Å². The Kier molecular flexibility index (Phi) is 6.85. The second kappa shape index (κ2) is 9.29. The molecule has 36 heavy (non-hydrogen) atoms. The molecule has 0 heterocycles. The molecule has 6 rings (SSSR count). The van der Waals surface area contributed by atoms with Gasteiger partial charge in [-0.25, -0.2) is 4.79 Å². The van der Waals surface area contributed by atoms with Gasteiger partial charge in [0.2, 0.25) is 0 Å². The fourth-order valence-electron chi connectivity index (χ4n) is 9.66. The summed E-state index contributed by atoms with van der Waals surface area (Å²) < 4.78 is 20.9. The minimum absolute atomic E-state index is 0.0132. The van der Waals surface area contributed by atoms with Crippen molar-refractivity contribution in [1.29, 1.82) is 0 Å². The summed E-state index contributed by atoms with van der Waals surface area (Å²) in [6.45, 7) is 12.9. The molecule has 0 spiro atoms. The minimum atomic E-state index is -0.579. The van der Waals surface area contributed by atoms with Crippen LogP contribution in [0.25, 0.3) is 0 Å². The second-order valence-electron chi connectivity index (χ2n) is 14.6. The van der Waals surface area contributed by atoms with Crippen LogP contribution in [0.5, 0.6) is 0 Å². The highest BCUT2D eigenvalue weighted by molar-refractivity contribution is 5.87. The van der Waals surface area contributed by atoms with Crippen LogP contribution in [0.3, 0.4) is 0 Å². The van der Waals surface area contributed by atoms with Gasteiger partial charge >= 0.3 is 5.97 Å². The highest BCUT2D eigenvalue weighted by atomic mass is 16.6. The molecule has 0 amide bonds. The first-order valence-corrected chi connectivity index (χ1v) is 14.9. The van der Waals surface area contributed by atoms with Gasteiger partial charge in [-0.15, -0.1) is 0 Å². The number of nitrogens with two attached hydrogens (primary N) is 1. The van der Waals surface area contributed by atoms with Crippen molar-refractivity contribution in [3.8, 4) is 0 Å². The topological polar surface area (TPSA) is 70.8 Å². The number of carbonyl (C=O) groups excluding carboxylic acids is 1. The van der Waals surface area contributed by atoms with Crippen molar-refractivity contribution in [1.82, 2.24) is 0 Å². The van der Waals surface area contributed by atoms with Gasteiger partial charge in [0.25, 0.3) is 0 Å². The molecule has 4 bridgehead atoms. The van der Waals surface area contributed by atoms with E-state index < -0.39 is 11.6 Å². The summed E-state index contributed by atoms with van der Waals surface area (Å²) in [6, 6.07) is 0. The van der Waals surface area contributed by atoms with E-state index >= 15 is 0 Å². The number of ether oxygens (including phenoxy) is 3. The van der Waals surface area contributed by atoms with E-state index in [1.165, 1.54) is 64.2 Å². The Morgan fingerprint density at radius 2 is 1.11 bits per heavy atom. The smallest absolute Gasteiger partial charge is 0.354 e. The van der Waals surface area contributed by atoms with Crippen LogP contribution >= 0.6 is 0 Å². The average molecular weight is 502 g/mol. The average Bonchev–Trinajstić information content (AvgIpc) is 2.77. The van der Waals surface area contributed by atoms with Crippen LogP contribution in [0.15, 0.2) is 12.3 Å². The first kappa shape index (κ1) is 26.5. The molecule has 6 aliphatic carbocycles. The molecule has 0 saturated heterocycles. The summed E-state index contributed by atoms with van der Waals surface area (Å²) in [5.41, 5.74) is 4.17. The highest BCUT2D eigenvalue weighted by Crippen LogP contribution is 2.65. The van der Waals surface area contributed by atoms with E-state index in [0.717, 1.165) is 38.5 Å². The third-order valence-corrected chi connectivity index (χ3v) is 10.6. The van der Waals surface area contributed by atoms with Crippen LogP contribution < -0.4 is 5.73 Å². The van der Waals surface area contributed by atoms with Crippen LogP contribution in [-0.2, 0) is 19.0 Å². The number of hydrogen-bond donors (Lipinski definition) is 1. The van der Waals surface area contributed by atoms with E-state index in [2.05, 4.69) is 34.3 Å². The predicted octanol–water partition coefficient (Wildman–Crippen LogP) is 6.97.